The molecule has 1 saturated heterocycles. The zero-order chi connectivity index (χ0) is 38.1. The second-order valence-corrected chi connectivity index (χ2v) is 15.0. The van der Waals surface area contributed by atoms with Gasteiger partial charge >= 0.3 is 12.1 Å². The number of aromatic nitrogens is 2. The summed E-state index contributed by atoms with van der Waals surface area (Å²) in [6, 6.07) is 3.00. The molecule has 0 spiro atoms. The van der Waals surface area contributed by atoms with Crippen LogP contribution in [0.5, 0.6) is 5.75 Å². The molecule has 7 N–H and O–H groups in total. The minimum atomic E-state index is -1.21. The molecule has 1 aromatic heterocycles. The number of hydrogen-bond donors (Lipinski definition) is 5. The molecule has 3 aliphatic rings. The first-order chi connectivity index (χ1) is 25.5. The zero-order valence-electron chi connectivity index (χ0n) is 31.0. The van der Waals surface area contributed by atoms with Gasteiger partial charge in [0.1, 0.15) is 11.8 Å². The van der Waals surface area contributed by atoms with Gasteiger partial charge < -0.3 is 45.9 Å². The van der Waals surface area contributed by atoms with Gasteiger partial charge in [-0.05, 0) is 62.1 Å². The third-order valence-corrected chi connectivity index (χ3v) is 11.3. The maximum Gasteiger partial charge on any atom is 0.321 e. The van der Waals surface area contributed by atoms with Crippen molar-refractivity contribution in [1.29, 1.82) is 0 Å². The number of morpholine rings is 1. The second-order valence-electron chi connectivity index (χ2n) is 15.0. The van der Waals surface area contributed by atoms with Crippen molar-refractivity contribution < 1.29 is 38.9 Å². The molecular weight excluding hydrogens is 682 g/mol. The fraction of sp³-hybridized carbons (Fsp3) is 0.658. The summed E-state index contributed by atoms with van der Waals surface area (Å²) < 4.78 is 11.2. The maximum absolute atomic E-state index is 15.0. The SMILES string of the molecule is COc1ccc(CCN(C(N)=O)C(=O)CC(C)N(C(=O)N2CCOCC2[C@H](CC2CCCCC2)[C@@H](O)[C@@H](O)C2CC2)C(Cc2c[nH]cn2)C(N)=O)cc1. The number of nitrogens with zero attached hydrogens (tertiary/aromatic N) is 4. The van der Waals surface area contributed by atoms with Crippen molar-refractivity contribution in [2.75, 3.05) is 33.4 Å². The smallest absolute Gasteiger partial charge is 0.321 e. The zero-order valence-corrected chi connectivity index (χ0v) is 31.0. The number of primary amides is 2. The van der Waals surface area contributed by atoms with Crippen LogP contribution >= 0.6 is 0 Å². The fourth-order valence-corrected chi connectivity index (χ4v) is 8.08. The van der Waals surface area contributed by atoms with E-state index < -0.39 is 60.1 Å². The van der Waals surface area contributed by atoms with Crippen LogP contribution in [-0.2, 0) is 27.2 Å². The van der Waals surface area contributed by atoms with Gasteiger partial charge in [-0.2, -0.15) is 0 Å². The molecule has 53 heavy (non-hydrogen) atoms. The average Bonchev–Trinajstić information content (AvgIpc) is 3.88. The Morgan fingerprint density at radius 1 is 1.08 bits per heavy atom. The number of methoxy groups -OCH3 is 1. The number of ether oxygens (including phenoxy) is 2. The van der Waals surface area contributed by atoms with E-state index in [0.717, 1.165) is 55.4 Å². The van der Waals surface area contributed by atoms with E-state index in [1.54, 1.807) is 37.3 Å². The molecule has 0 radical (unpaired) electrons. The van der Waals surface area contributed by atoms with E-state index in [2.05, 4.69) is 9.97 Å². The van der Waals surface area contributed by atoms with E-state index >= 15 is 0 Å². The highest BCUT2D eigenvalue weighted by molar-refractivity contribution is 5.94. The van der Waals surface area contributed by atoms with Gasteiger partial charge in [0.2, 0.25) is 11.8 Å². The summed E-state index contributed by atoms with van der Waals surface area (Å²) in [4.78, 5) is 65.6. The Kier molecular flexibility index (Phi) is 14.1. The van der Waals surface area contributed by atoms with E-state index in [1.807, 2.05) is 12.1 Å². The summed E-state index contributed by atoms with van der Waals surface area (Å²) in [7, 11) is 1.56. The van der Waals surface area contributed by atoms with Crippen LogP contribution in [0.2, 0.25) is 0 Å². The lowest BCUT2D eigenvalue weighted by molar-refractivity contribution is -0.131. The van der Waals surface area contributed by atoms with Gasteiger partial charge in [-0.15, -0.1) is 0 Å². The van der Waals surface area contributed by atoms with E-state index in [9.17, 15) is 29.4 Å². The predicted molar refractivity (Wildman–Crippen MR) is 195 cm³/mol. The van der Waals surface area contributed by atoms with Crippen molar-refractivity contribution >= 4 is 23.9 Å². The molecule has 6 amide bonds. The quantitative estimate of drug-likeness (QED) is 0.161. The first-order valence-electron chi connectivity index (χ1n) is 19.0. The minimum absolute atomic E-state index is 0.00325. The van der Waals surface area contributed by atoms with Crippen molar-refractivity contribution in [3.63, 3.8) is 0 Å². The van der Waals surface area contributed by atoms with Crippen LogP contribution in [0.15, 0.2) is 36.8 Å². The lowest BCUT2D eigenvalue weighted by atomic mass is 9.76. The van der Waals surface area contributed by atoms with Gasteiger partial charge in [-0.3, -0.25) is 14.5 Å². The highest BCUT2D eigenvalue weighted by atomic mass is 16.5. The molecule has 2 saturated carbocycles. The molecule has 3 fully saturated rings. The van der Waals surface area contributed by atoms with Crippen LogP contribution in [0.3, 0.4) is 0 Å². The Balaban J connectivity index is 1.42. The normalized spacial score (nSPS) is 20.8. The van der Waals surface area contributed by atoms with Crippen molar-refractivity contribution in [3.8, 4) is 5.75 Å². The number of carbonyl (C=O) groups excluding carboxylic acids is 4. The number of aliphatic hydroxyl groups is 2. The summed E-state index contributed by atoms with van der Waals surface area (Å²) in [6.45, 7) is 2.17. The molecule has 5 rings (SSSR count). The first kappa shape index (κ1) is 40.0. The molecule has 15 nitrogen and oxygen atoms in total. The van der Waals surface area contributed by atoms with Crippen molar-refractivity contribution in [2.45, 2.75) is 108 Å². The minimum Gasteiger partial charge on any atom is -0.497 e. The Bertz CT molecular complexity index is 1500. The number of nitrogens with two attached hydrogens (primary N) is 2. The molecule has 1 aliphatic heterocycles. The number of aliphatic hydroxyl groups excluding tert-OH is 2. The van der Waals surface area contributed by atoms with Crippen LogP contribution < -0.4 is 16.2 Å². The molecule has 2 aromatic rings. The molecule has 2 heterocycles. The van der Waals surface area contributed by atoms with Gasteiger partial charge in [-0.1, -0.05) is 44.2 Å². The molecule has 1 aromatic carbocycles. The van der Waals surface area contributed by atoms with Gasteiger partial charge in [0.05, 0.1) is 50.6 Å². The second kappa shape index (κ2) is 18.7. The number of benzene rings is 1. The van der Waals surface area contributed by atoms with Gasteiger partial charge in [0, 0.05) is 44.1 Å². The van der Waals surface area contributed by atoms with Gasteiger partial charge in [0.25, 0.3) is 0 Å². The third-order valence-electron chi connectivity index (χ3n) is 11.3. The number of H-pyrrole nitrogens is 1. The summed E-state index contributed by atoms with van der Waals surface area (Å²) in [5.74, 6) is -0.877. The molecule has 292 valence electrons. The van der Waals surface area contributed by atoms with Crippen molar-refractivity contribution in [3.05, 3.63) is 48.0 Å². The molecular formula is C38H57N7O8. The van der Waals surface area contributed by atoms with Gasteiger partial charge in [-0.25, -0.2) is 14.6 Å². The Hall–Kier alpha value is -4.21. The third kappa shape index (κ3) is 10.5. The van der Waals surface area contributed by atoms with E-state index in [0.29, 0.717) is 30.2 Å². The van der Waals surface area contributed by atoms with Crippen LogP contribution in [-0.4, -0.2) is 123 Å². The van der Waals surface area contributed by atoms with E-state index in [4.69, 9.17) is 20.9 Å². The number of aromatic amines is 1. The molecule has 15 heteroatoms. The number of urea groups is 2. The Labute approximate surface area is 311 Å². The van der Waals surface area contributed by atoms with Crippen LogP contribution in [0.25, 0.3) is 0 Å². The molecule has 3 unspecified atom stereocenters. The predicted octanol–water partition coefficient (Wildman–Crippen LogP) is 2.58. The van der Waals surface area contributed by atoms with E-state index in [1.165, 1.54) is 11.2 Å². The Morgan fingerprint density at radius 3 is 2.40 bits per heavy atom. The number of hydrogen-bond acceptors (Lipinski definition) is 9. The highest BCUT2D eigenvalue weighted by Crippen LogP contribution is 2.40. The van der Waals surface area contributed by atoms with Crippen LogP contribution in [0.1, 0.15) is 76.0 Å². The standard InChI is InChI=1S/C38H57N7O8/c1-24(18-33(46)44(37(40)50)15-14-25-8-12-29(52-2)13-9-25)45(31(36(39)49)20-28-21-41-23-42-28)38(51)43-16-17-53-22-32(43)30(19-26-6-4-3-5-7-26)35(48)34(47)27-10-11-27/h8-9,12-13,21,23-24,26-27,30-32,34-35,47-48H,3-7,10-11,14-20,22H2,1-2H3,(H2,39,49)(H2,40,50)(H,41,42)/t24?,30-,31?,32?,34-,35+/m0/s1. The summed E-state index contributed by atoms with van der Waals surface area (Å²) in [6.07, 6.45) is 8.72. The average molecular weight is 740 g/mol. The van der Waals surface area contributed by atoms with Crippen LogP contribution in [0.4, 0.5) is 9.59 Å². The maximum atomic E-state index is 15.0. The number of imidazole rings is 1. The molecule has 6 atom stereocenters. The molecule has 0 bridgehead atoms. The topological polar surface area (TPSA) is 218 Å². The largest absolute Gasteiger partial charge is 0.497 e. The number of imide groups is 1. The van der Waals surface area contributed by atoms with Gasteiger partial charge in [0.15, 0.2) is 0 Å². The fourth-order valence-electron chi connectivity index (χ4n) is 8.08. The lowest BCUT2D eigenvalue weighted by Crippen LogP contribution is -2.64. The number of nitrogens with one attached hydrogen (secondary N) is 1. The number of amides is 6. The molecule has 2 aliphatic carbocycles. The first-order valence-corrected chi connectivity index (χ1v) is 19.0. The van der Waals surface area contributed by atoms with E-state index in [-0.39, 0.29) is 45.1 Å². The van der Waals surface area contributed by atoms with Crippen molar-refractivity contribution in [2.24, 2.45) is 29.2 Å². The van der Waals surface area contributed by atoms with Crippen molar-refractivity contribution in [1.82, 2.24) is 24.7 Å². The monoisotopic (exact) mass is 739 g/mol. The summed E-state index contributed by atoms with van der Waals surface area (Å²) in [5.41, 5.74) is 13.1. The Morgan fingerprint density at radius 2 is 1.79 bits per heavy atom. The summed E-state index contributed by atoms with van der Waals surface area (Å²) >= 11 is 0. The number of carbonyl (C=O) groups is 4. The van der Waals surface area contributed by atoms with Crippen LogP contribution in [0, 0.1) is 17.8 Å². The number of rotatable bonds is 17. The summed E-state index contributed by atoms with van der Waals surface area (Å²) in [5, 5.41) is 22.9. The lowest BCUT2D eigenvalue weighted by Gasteiger charge is -2.47. The highest BCUT2D eigenvalue weighted by Gasteiger charge is 2.47.